The molecule has 2 N–H and O–H groups in total. The summed E-state index contributed by atoms with van der Waals surface area (Å²) in [4.78, 5) is 0. The van der Waals surface area contributed by atoms with E-state index in [0.29, 0.717) is 0 Å². The van der Waals surface area contributed by atoms with E-state index in [1.54, 1.807) is 6.07 Å². The lowest BCUT2D eigenvalue weighted by Crippen LogP contribution is -2.46. The van der Waals surface area contributed by atoms with Crippen LogP contribution in [0.1, 0.15) is 56.6 Å². The number of nitrogens with two attached hydrogens (primary N) is 1. The second-order valence-electron chi connectivity index (χ2n) is 6.97. The van der Waals surface area contributed by atoms with Gasteiger partial charge in [-0.05, 0) is 68.6 Å². The normalized spacial score (nSPS) is 36.5. The SMILES string of the molecule is NC1CC2(CCCC(C3CC3)C2)Oc2ccc(F)cc21. The molecule has 0 bridgehead atoms. The Bertz CT molecular complexity index is 528. The first-order chi connectivity index (χ1) is 9.65. The molecular weight excluding hydrogens is 253 g/mol. The van der Waals surface area contributed by atoms with Crippen LogP contribution in [0.15, 0.2) is 18.2 Å². The van der Waals surface area contributed by atoms with Crippen LogP contribution in [0.4, 0.5) is 4.39 Å². The number of rotatable bonds is 1. The highest BCUT2D eigenvalue weighted by atomic mass is 19.1. The van der Waals surface area contributed by atoms with Crippen LogP contribution in [0.3, 0.4) is 0 Å². The van der Waals surface area contributed by atoms with Crippen LogP contribution in [-0.4, -0.2) is 5.60 Å². The summed E-state index contributed by atoms with van der Waals surface area (Å²) in [6.45, 7) is 0. The molecule has 3 unspecified atom stereocenters. The maximum atomic E-state index is 13.4. The molecule has 4 rings (SSSR count). The van der Waals surface area contributed by atoms with E-state index in [0.717, 1.165) is 42.4 Å². The third-order valence-corrected chi connectivity index (χ3v) is 5.42. The van der Waals surface area contributed by atoms with Gasteiger partial charge in [0.15, 0.2) is 0 Å². The van der Waals surface area contributed by atoms with E-state index in [4.69, 9.17) is 10.5 Å². The van der Waals surface area contributed by atoms with Crippen molar-refractivity contribution in [2.75, 3.05) is 0 Å². The second-order valence-corrected chi connectivity index (χ2v) is 6.97. The van der Waals surface area contributed by atoms with E-state index < -0.39 is 0 Å². The van der Waals surface area contributed by atoms with Crippen LogP contribution in [-0.2, 0) is 0 Å². The first-order valence-corrected chi connectivity index (χ1v) is 7.89. The molecule has 1 aromatic rings. The van der Waals surface area contributed by atoms with Crippen molar-refractivity contribution in [2.24, 2.45) is 17.6 Å². The lowest BCUT2D eigenvalue weighted by atomic mass is 9.71. The molecule has 2 aliphatic carbocycles. The third-order valence-electron chi connectivity index (χ3n) is 5.42. The van der Waals surface area contributed by atoms with Gasteiger partial charge in [-0.25, -0.2) is 4.39 Å². The highest BCUT2D eigenvalue weighted by molar-refractivity contribution is 5.39. The van der Waals surface area contributed by atoms with Gasteiger partial charge in [-0.3, -0.25) is 0 Å². The zero-order chi connectivity index (χ0) is 13.7. The van der Waals surface area contributed by atoms with Crippen LogP contribution >= 0.6 is 0 Å². The summed E-state index contributed by atoms with van der Waals surface area (Å²) < 4.78 is 19.7. The molecule has 2 nitrogen and oxygen atoms in total. The first-order valence-electron chi connectivity index (χ1n) is 7.89. The number of benzene rings is 1. The van der Waals surface area contributed by atoms with Crippen LogP contribution in [0, 0.1) is 17.7 Å². The first kappa shape index (κ1) is 12.6. The van der Waals surface area contributed by atoms with E-state index in [2.05, 4.69) is 0 Å². The lowest BCUT2D eigenvalue weighted by molar-refractivity contribution is -0.0208. The van der Waals surface area contributed by atoms with E-state index >= 15 is 0 Å². The fourth-order valence-electron chi connectivity index (χ4n) is 4.30. The smallest absolute Gasteiger partial charge is 0.125 e. The number of hydrogen-bond acceptors (Lipinski definition) is 2. The van der Waals surface area contributed by atoms with Crippen LogP contribution in [0.25, 0.3) is 0 Å². The predicted octanol–water partition coefficient (Wildman–Crippen LogP) is 3.95. The molecule has 0 radical (unpaired) electrons. The second kappa shape index (κ2) is 4.45. The van der Waals surface area contributed by atoms with Gasteiger partial charge >= 0.3 is 0 Å². The maximum Gasteiger partial charge on any atom is 0.125 e. The Balaban J connectivity index is 1.62. The van der Waals surface area contributed by atoms with Crippen molar-refractivity contribution in [3.05, 3.63) is 29.6 Å². The molecule has 20 heavy (non-hydrogen) atoms. The topological polar surface area (TPSA) is 35.2 Å². The molecule has 1 aromatic carbocycles. The minimum atomic E-state index is -0.224. The highest BCUT2D eigenvalue weighted by Crippen LogP contribution is 2.52. The molecular formula is C17H22FNO. The van der Waals surface area contributed by atoms with Crippen molar-refractivity contribution >= 4 is 0 Å². The molecule has 2 fully saturated rings. The zero-order valence-electron chi connectivity index (χ0n) is 11.8. The van der Waals surface area contributed by atoms with E-state index in [1.807, 2.05) is 0 Å². The average Bonchev–Trinajstić information content (AvgIpc) is 3.24. The predicted molar refractivity (Wildman–Crippen MR) is 76.0 cm³/mol. The quantitative estimate of drug-likeness (QED) is 0.842. The maximum absolute atomic E-state index is 13.4. The molecule has 3 heteroatoms. The molecule has 0 amide bonds. The molecule has 0 aromatic heterocycles. The minimum absolute atomic E-state index is 0.0875. The monoisotopic (exact) mass is 275 g/mol. The largest absolute Gasteiger partial charge is 0.487 e. The Morgan fingerprint density at radius 3 is 2.80 bits per heavy atom. The van der Waals surface area contributed by atoms with E-state index in [1.165, 1.54) is 37.8 Å². The van der Waals surface area contributed by atoms with Gasteiger partial charge in [-0.1, -0.05) is 0 Å². The van der Waals surface area contributed by atoms with Gasteiger partial charge in [0.05, 0.1) is 0 Å². The fourth-order valence-corrected chi connectivity index (χ4v) is 4.30. The van der Waals surface area contributed by atoms with Crippen molar-refractivity contribution < 1.29 is 9.13 Å². The van der Waals surface area contributed by atoms with Crippen molar-refractivity contribution in [3.63, 3.8) is 0 Å². The Morgan fingerprint density at radius 2 is 2.00 bits per heavy atom. The van der Waals surface area contributed by atoms with Gasteiger partial charge in [-0.15, -0.1) is 0 Å². The van der Waals surface area contributed by atoms with Gasteiger partial charge in [0.2, 0.25) is 0 Å². The Kier molecular flexibility index (Phi) is 2.81. The van der Waals surface area contributed by atoms with E-state index in [-0.39, 0.29) is 17.5 Å². The van der Waals surface area contributed by atoms with Crippen LogP contribution in [0.5, 0.6) is 5.75 Å². The van der Waals surface area contributed by atoms with E-state index in [9.17, 15) is 4.39 Å². The van der Waals surface area contributed by atoms with Crippen LogP contribution in [0.2, 0.25) is 0 Å². The third kappa shape index (κ3) is 2.12. The summed E-state index contributed by atoms with van der Waals surface area (Å²) in [6.07, 6.45) is 8.46. The fraction of sp³-hybridized carbons (Fsp3) is 0.647. The molecule has 0 saturated heterocycles. The summed E-state index contributed by atoms with van der Waals surface area (Å²) >= 11 is 0. The standard InChI is InChI=1S/C17H22FNO/c18-13-5-6-16-14(8-13)15(19)10-17(20-16)7-1-2-12(9-17)11-3-4-11/h5-6,8,11-12,15H,1-4,7,9-10,19H2. The minimum Gasteiger partial charge on any atom is -0.487 e. The number of hydrogen-bond donors (Lipinski definition) is 1. The number of fused-ring (bicyclic) bond motifs is 1. The van der Waals surface area contributed by atoms with Gasteiger partial charge in [0.25, 0.3) is 0 Å². The van der Waals surface area contributed by atoms with Crippen molar-refractivity contribution in [2.45, 2.75) is 56.6 Å². The summed E-state index contributed by atoms with van der Waals surface area (Å²) in [5.41, 5.74) is 7.06. The molecule has 1 aliphatic heterocycles. The molecule has 3 aliphatic rings. The number of halogens is 1. The summed E-state index contributed by atoms with van der Waals surface area (Å²) in [5, 5.41) is 0. The molecule has 108 valence electrons. The summed E-state index contributed by atoms with van der Waals surface area (Å²) in [5.74, 6) is 2.33. The molecule has 1 spiro atoms. The van der Waals surface area contributed by atoms with Crippen LogP contribution < -0.4 is 10.5 Å². The highest BCUT2D eigenvalue weighted by Gasteiger charge is 2.46. The van der Waals surface area contributed by atoms with Crippen molar-refractivity contribution in [3.8, 4) is 5.75 Å². The summed E-state index contributed by atoms with van der Waals surface area (Å²) in [6, 6.07) is 4.68. The molecule has 2 saturated carbocycles. The van der Waals surface area contributed by atoms with Gasteiger partial charge < -0.3 is 10.5 Å². The van der Waals surface area contributed by atoms with Crippen molar-refractivity contribution in [1.82, 2.24) is 0 Å². The molecule has 1 heterocycles. The zero-order valence-corrected chi connectivity index (χ0v) is 11.8. The number of ether oxygens (including phenoxy) is 1. The Hall–Kier alpha value is -1.09. The lowest BCUT2D eigenvalue weighted by Gasteiger charge is -2.46. The summed E-state index contributed by atoms with van der Waals surface area (Å²) in [7, 11) is 0. The average molecular weight is 275 g/mol. The van der Waals surface area contributed by atoms with Gasteiger partial charge in [0.1, 0.15) is 17.2 Å². The Morgan fingerprint density at radius 1 is 1.15 bits per heavy atom. The molecule has 3 atom stereocenters. The Labute approximate surface area is 119 Å². The van der Waals surface area contributed by atoms with Crippen molar-refractivity contribution in [1.29, 1.82) is 0 Å². The van der Waals surface area contributed by atoms with Gasteiger partial charge in [0, 0.05) is 18.0 Å². The van der Waals surface area contributed by atoms with Gasteiger partial charge in [-0.2, -0.15) is 0 Å².